The topological polar surface area (TPSA) is 73.4 Å². The summed E-state index contributed by atoms with van der Waals surface area (Å²) in [4.78, 5) is 15.1. The highest BCUT2D eigenvalue weighted by molar-refractivity contribution is 5.84. The highest BCUT2D eigenvalue weighted by Crippen LogP contribution is 2.10. The number of rotatable bonds is 2. The Morgan fingerprint density at radius 2 is 2.00 bits per heavy atom. The highest BCUT2D eigenvalue weighted by atomic mass is 16.2. The number of nitrogens with zero attached hydrogens (tertiary/aromatic N) is 2. The van der Waals surface area contributed by atoms with Gasteiger partial charge in [-0.25, -0.2) is 4.79 Å². The van der Waals surface area contributed by atoms with Crippen molar-refractivity contribution >= 4 is 11.9 Å². The Morgan fingerprint density at radius 3 is 2.50 bits per heavy atom. The molecule has 0 atom stereocenters. The molecule has 1 heterocycles. The molecular formula is C9H18N4O. The van der Waals surface area contributed by atoms with E-state index in [9.17, 15) is 4.79 Å². The van der Waals surface area contributed by atoms with Gasteiger partial charge in [0.15, 0.2) is 0 Å². The Morgan fingerprint density at radius 1 is 1.43 bits per heavy atom. The molecule has 5 nitrogen and oxygen atoms in total. The van der Waals surface area contributed by atoms with E-state index in [1.807, 2.05) is 4.90 Å². The van der Waals surface area contributed by atoms with Crippen LogP contribution in [0.4, 0.5) is 4.79 Å². The van der Waals surface area contributed by atoms with E-state index in [-0.39, 0.29) is 18.4 Å². The number of carbonyl (C=O) groups is 1. The third kappa shape index (κ3) is 2.90. The lowest BCUT2D eigenvalue weighted by Gasteiger charge is -2.30. The van der Waals surface area contributed by atoms with Crippen LogP contribution in [0.1, 0.15) is 19.3 Å². The van der Waals surface area contributed by atoms with Crippen molar-refractivity contribution in [3.8, 4) is 0 Å². The number of likely N-dealkylation sites (N-methyl/N-ethyl adjacent to an activating group) is 1. The molecule has 1 aliphatic heterocycles. The Kier molecular flexibility index (Phi) is 3.73. The second-order valence-electron chi connectivity index (χ2n) is 3.71. The number of hydrogen-bond donors (Lipinski definition) is 2. The molecule has 5 heteroatoms. The molecule has 0 radical (unpaired) electrons. The number of piperidine rings is 1. The fourth-order valence-electron chi connectivity index (χ4n) is 1.65. The Hall–Kier alpha value is -1.26. The van der Waals surface area contributed by atoms with Crippen LogP contribution in [0.2, 0.25) is 0 Å². The van der Waals surface area contributed by atoms with Crippen molar-refractivity contribution < 1.29 is 4.79 Å². The summed E-state index contributed by atoms with van der Waals surface area (Å²) >= 11 is 0. The van der Waals surface area contributed by atoms with E-state index in [4.69, 9.17) is 11.1 Å². The van der Waals surface area contributed by atoms with Gasteiger partial charge in [-0.05, 0) is 19.3 Å². The summed E-state index contributed by atoms with van der Waals surface area (Å²) in [5.41, 5.74) is 5.23. The van der Waals surface area contributed by atoms with Gasteiger partial charge in [0.1, 0.15) is 5.84 Å². The molecule has 0 saturated carbocycles. The van der Waals surface area contributed by atoms with Gasteiger partial charge in [-0.2, -0.15) is 0 Å². The molecule has 1 saturated heterocycles. The van der Waals surface area contributed by atoms with Gasteiger partial charge >= 0.3 is 6.03 Å². The van der Waals surface area contributed by atoms with Gasteiger partial charge in [-0.1, -0.05) is 0 Å². The first-order valence-corrected chi connectivity index (χ1v) is 4.94. The normalized spacial score (nSPS) is 16.5. The second kappa shape index (κ2) is 4.83. The van der Waals surface area contributed by atoms with Crippen LogP contribution in [0.5, 0.6) is 0 Å². The Bertz CT molecular complexity index is 223. The van der Waals surface area contributed by atoms with Crippen molar-refractivity contribution in [3.05, 3.63) is 0 Å². The number of carbonyl (C=O) groups excluding carboxylic acids is 1. The third-order valence-corrected chi connectivity index (χ3v) is 2.36. The molecule has 0 aliphatic carbocycles. The van der Waals surface area contributed by atoms with E-state index < -0.39 is 0 Å². The monoisotopic (exact) mass is 198 g/mol. The molecule has 14 heavy (non-hydrogen) atoms. The summed E-state index contributed by atoms with van der Waals surface area (Å²) in [6.07, 6.45) is 3.37. The van der Waals surface area contributed by atoms with Crippen molar-refractivity contribution in [2.45, 2.75) is 19.3 Å². The van der Waals surface area contributed by atoms with Crippen LogP contribution >= 0.6 is 0 Å². The quantitative estimate of drug-likeness (QED) is 0.499. The minimum atomic E-state index is -0.0140. The number of urea groups is 1. The lowest BCUT2D eigenvalue weighted by molar-refractivity contribution is 0.157. The molecule has 0 bridgehead atoms. The SMILES string of the molecule is CN(CC(=N)N)C(=O)N1CCCCC1. The van der Waals surface area contributed by atoms with Crippen molar-refractivity contribution in [3.63, 3.8) is 0 Å². The number of hydrogen-bond acceptors (Lipinski definition) is 2. The van der Waals surface area contributed by atoms with Crippen LogP contribution in [0, 0.1) is 5.41 Å². The fraction of sp³-hybridized carbons (Fsp3) is 0.778. The number of likely N-dealkylation sites (tertiary alicyclic amines) is 1. The van der Waals surface area contributed by atoms with Crippen LogP contribution in [0.3, 0.4) is 0 Å². The van der Waals surface area contributed by atoms with Gasteiger partial charge in [0.2, 0.25) is 0 Å². The summed E-state index contributed by atoms with van der Waals surface area (Å²) in [7, 11) is 1.68. The summed E-state index contributed by atoms with van der Waals surface area (Å²) in [6.45, 7) is 1.89. The van der Waals surface area contributed by atoms with Gasteiger partial charge in [-0.3, -0.25) is 5.41 Å². The average molecular weight is 198 g/mol. The number of nitrogens with two attached hydrogens (primary N) is 1. The van der Waals surface area contributed by atoms with Crippen LogP contribution in [0.25, 0.3) is 0 Å². The maximum absolute atomic E-state index is 11.7. The van der Waals surface area contributed by atoms with Crippen LogP contribution in [-0.2, 0) is 0 Å². The molecule has 1 aliphatic rings. The highest BCUT2D eigenvalue weighted by Gasteiger charge is 2.19. The molecule has 0 spiro atoms. The lowest BCUT2D eigenvalue weighted by atomic mass is 10.1. The smallest absolute Gasteiger partial charge is 0.320 e. The van der Waals surface area contributed by atoms with E-state index in [1.54, 1.807) is 7.05 Å². The van der Waals surface area contributed by atoms with Crippen molar-refractivity contribution in [2.24, 2.45) is 5.73 Å². The third-order valence-electron chi connectivity index (χ3n) is 2.36. The van der Waals surface area contributed by atoms with E-state index in [0.717, 1.165) is 25.9 Å². The minimum absolute atomic E-state index is 0.0140. The molecule has 0 unspecified atom stereocenters. The van der Waals surface area contributed by atoms with E-state index in [1.165, 1.54) is 11.3 Å². The summed E-state index contributed by atoms with van der Waals surface area (Å²) in [5.74, 6) is 0.0258. The van der Waals surface area contributed by atoms with E-state index in [2.05, 4.69) is 0 Å². The molecule has 0 aromatic carbocycles. The zero-order valence-corrected chi connectivity index (χ0v) is 8.62. The van der Waals surface area contributed by atoms with Gasteiger partial charge in [-0.15, -0.1) is 0 Å². The van der Waals surface area contributed by atoms with Gasteiger partial charge in [0.05, 0.1) is 6.54 Å². The molecule has 0 aromatic rings. The molecular weight excluding hydrogens is 180 g/mol. The predicted molar refractivity (Wildman–Crippen MR) is 55.4 cm³/mol. The first-order chi connectivity index (χ1) is 6.61. The second-order valence-corrected chi connectivity index (χ2v) is 3.71. The van der Waals surface area contributed by atoms with Crippen LogP contribution in [-0.4, -0.2) is 48.3 Å². The molecule has 1 rings (SSSR count). The maximum atomic E-state index is 11.7. The van der Waals surface area contributed by atoms with Crippen LogP contribution in [0.15, 0.2) is 0 Å². The average Bonchev–Trinajstić information content (AvgIpc) is 2.17. The van der Waals surface area contributed by atoms with Crippen molar-refractivity contribution in [1.29, 1.82) is 5.41 Å². The summed E-state index contributed by atoms with van der Waals surface area (Å²) < 4.78 is 0. The Balaban J connectivity index is 2.42. The summed E-state index contributed by atoms with van der Waals surface area (Å²) in [5, 5.41) is 7.10. The fourth-order valence-corrected chi connectivity index (χ4v) is 1.65. The standard InChI is InChI=1S/C9H18N4O/c1-12(7-8(10)11)9(14)13-5-3-2-4-6-13/h2-7H2,1H3,(H3,10,11). The maximum Gasteiger partial charge on any atom is 0.320 e. The zero-order valence-electron chi connectivity index (χ0n) is 8.62. The van der Waals surface area contributed by atoms with Crippen LogP contribution < -0.4 is 5.73 Å². The molecule has 0 aromatic heterocycles. The van der Waals surface area contributed by atoms with Gasteiger partial charge in [0, 0.05) is 20.1 Å². The first-order valence-electron chi connectivity index (χ1n) is 4.94. The number of amidine groups is 1. The summed E-state index contributed by atoms with van der Waals surface area (Å²) in [6, 6.07) is -0.0140. The van der Waals surface area contributed by atoms with E-state index >= 15 is 0 Å². The Labute approximate surface area is 84.4 Å². The van der Waals surface area contributed by atoms with Crippen molar-refractivity contribution in [1.82, 2.24) is 9.80 Å². The minimum Gasteiger partial charge on any atom is -0.386 e. The first kappa shape index (κ1) is 10.8. The number of amides is 2. The zero-order chi connectivity index (χ0) is 10.6. The molecule has 80 valence electrons. The predicted octanol–water partition coefficient (Wildman–Crippen LogP) is 0.460. The largest absolute Gasteiger partial charge is 0.386 e. The van der Waals surface area contributed by atoms with E-state index in [0.29, 0.717) is 0 Å². The molecule has 3 N–H and O–H groups in total. The molecule has 1 fully saturated rings. The number of nitrogens with one attached hydrogen (secondary N) is 1. The van der Waals surface area contributed by atoms with Crippen molar-refractivity contribution in [2.75, 3.05) is 26.7 Å². The van der Waals surface area contributed by atoms with Gasteiger partial charge < -0.3 is 15.5 Å². The molecule has 2 amide bonds. The van der Waals surface area contributed by atoms with Gasteiger partial charge in [0.25, 0.3) is 0 Å². The lowest BCUT2D eigenvalue weighted by Crippen LogP contribution is -2.46.